The van der Waals surface area contributed by atoms with Crippen molar-refractivity contribution < 1.29 is 16.8 Å². The van der Waals surface area contributed by atoms with Gasteiger partial charge in [0.1, 0.15) is 4.90 Å². The van der Waals surface area contributed by atoms with Gasteiger partial charge < -0.3 is 10.6 Å². The second kappa shape index (κ2) is 19.9. The van der Waals surface area contributed by atoms with Crippen molar-refractivity contribution in [1.82, 2.24) is 24.4 Å². The molecule has 0 radical (unpaired) electrons. The summed E-state index contributed by atoms with van der Waals surface area (Å²) < 4.78 is 54.1. The van der Waals surface area contributed by atoms with Crippen LogP contribution in [-0.2, 0) is 32.9 Å². The van der Waals surface area contributed by atoms with Crippen LogP contribution in [0.25, 0.3) is 33.4 Å². The second-order valence-corrected chi connectivity index (χ2v) is 24.8. The van der Waals surface area contributed by atoms with Crippen molar-refractivity contribution >= 4 is 87.4 Å². The van der Waals surface area contributed by atoms with E-state index < -0.39 is 20.0 Å². The van der Waals surface area contributed by atoms with Crippen molar-refractivity contribution in [3.8, 4) is 22.5 Å². The molecule has 3 aromatic carbocycles. The summed E-state index contributed by atoms with van der Waals surface area (Å²) in [7, 11) is -6.71. The summed E-state index contributed by atoms with van der Waals surface area (Å²) in [6.07, 6.45) is 13.2. The maximum atomic E-state index is 13.0. The molecule has 11 nitrogen and oxygen atoms in total. The first-order valence-corrected chi connectivity index (χ1v) is 28.8. The van der Waals surface area contributed by atoms with Crippen LogP contribution in [0.3, 0.4) is 0 Å². The highest BCUT2D eigenvalue weighted by molar-refractivity contribution is 7.99. The summed E-state index contributed by atoms with van der Waals surface area (Å²) >= 11 is 7.41. The fourth-order valence-corrected chi connectivity index (χ4v) is 15.1. The Morgan fingerprint density at radius 3 is 1.65 bits per heavy atom. The standard InChI is InChI=1S/C27H28N4O2S3.C19H25N3O2S3/c32-36(33,24-9-3-5-19-6-4-15-28-25(19)24)29-17-18-10-12-20(13-11-18)30-27-31-26-21-7-1-2-8-22(21)34-16-14-23(26)35-27;1-27(23,24)20-12-13-6-8-14(9-7-13)21-19-22-18-15-4-2-3-5-16(15)25-11-10-17(18)26-19/h1-9,15,18,20,29H,10-14,16-17H2,(H,30,31);2-5,13-14,20H,6-12H2,1H3,(H,21,22). The van der Waals surface area contributed by atoms with Crippen molar-refractivity contribution in [2.24, 2.45) is 11.8 Å². The summed E-state index contributed by atoms with van der Waals surface area (Å²) in [4.78, 5) is 19.9. The van der Waals surface area contributed by atoms with Gasteiger partial charge in [-0.1, -0.05) is 54.6 Å². The van der Waals surface area contributed by atoms with Gasteiger partial charge in [-0.3, -0.25) is 4.98 Å². The van der Waals surface area contributed by atoms with Crippen LogP contribution in [0.5, 0.6) is 0 Å². The van der Waals surface area contributed by atoms with E-state index >= 15 is 0 Å². The topological polar surface area (TPSA) is 155 Å². The number of hydrogen-bond donors (Lipinski definition) is 4. The maximum absolute atomic E-state index is 13.0. The summed E-state index contributed by atoms with van der Waals surface area (Å²) in [6.45, 7) is 1.02. The lowest BCUT2D eigenvalue weighted by Gasteiger charge is -2.29. The Balaban J connectivity index is 0.000000167. The van der Waals surface area contributed by atoms with Crippen molar-refractivity contribution in [2.75, 3.05) is 41.5 Å². The predicted octanol–water partition coefficient (Wildman–Crippen LogP) is 9.93. The minimum atomic E-state index is -3.62. The molecule has 4 aliphatic rings. The number of pyridine rings is 1. The SMILES string of the molecule is CS(=O)(=O)NCC1CCC(Nc2nc3c(s2)CCSc2ccccc2-3)CC1.O=S(=O)(NCC1CCC(Nc2nc3c(s2)CCSc2ccccc2-3)CC1)c1cccc2cccnc12. The summed E-state index contributed by atoms with van der Waals surface area (Å²) in [6, 6.07) is 26.9. The van der Waals surface area contributed by atoms with Crippen LogP contribution in [-0.4, -0.2) is 74.7 Å². The van der Waals surface area contributed by atoms with Gasteiger partial charge in [-0.25, -0.2) is 36.2 Å². The second-order valence-electron chi connectivity index (χ2n) is 16.8. The quantitative estimate of drug-likeness (QED) is 0.0981. The molecule has 0 atom stereocenters. The Labute approximate surface area is 387 Å². The van der Waals surface area contributed by atoms with E-state index in [2.05, 4.69) is 73.6 Å². The zero-order chi connectivity index (χ0) is 43.4. The molecular weight excluding hydrogens is 907 g/mol. The molecule has 63 heavy (non-hydrogen) atoms. The number of nitrogens with zero attached hydrogens (tertiary/aromatic N) is 3. The molecule has 3 aromatic heterocycles. The minimum absolute atomic E-state index is 0.250. The van der Waals surface area contributed by atoms with Gasteiger partial charge in [0, 0.05) is 78.9 Å². The number of thioether (sulfide) groups is 2. The lowest BCUT2D eigenvalue weighted by molar-refractivity contribution is 0.337. The van der Waals surface area contributed by atoms with Gasteiger partial charge in [-0.05, 0) is 100 Å². The monoisotopic (exact) mass is 959 g/mol. The number of para-hydroxylation sites is 1. The van der Waals surface area contributed by atoms with Gasteiger partial charge >= 0.3 is 0 Å². The highest BCUT2D eigenvalue weighted by atomic mass is 32.2. The van der Waals surface area contributed by atoms with Crippen molar-refractivity contribution in [2.45, 2.75) is 91.0 Å². The number of fused-ring (bicyclic) bond motifs is 7. The Kier molecular flexibility index (Phi) is 14.1. The fraction of sp³-hybridized carbons (Fsp3) is 0.413. The van der Waals surface area contributed by atoms with Gasteiger partial charge in [0.2, 0.25) is 20.0 Å². The van der Waals surface area contributed by atoms with Gasteiger partial charge in [-0.2, -0.15) is 0 Å². The molecule has 0 unspecified atom stereocenters. The molecule has 17 heteroatoms. The number of nitrogens with one attached hydrogen (secondary N) is 4. The lowest BCUT2D eigenvalue weighted by Crippen LogP contribution is -2.34. The van der Waals surface area contributed by atoms with E-state index in [9.17, 15) is 16.8 Å². The minimum Gasteiger partial charge on any atom is -0.359 e. The van der Waals surface area contributed by atoms with Crippen LogP contribution in [0.4, 0.5) is 10.3 Å². The number of rotatable bonds is 11. The van der Waals surface area contributed by atoms with Gasteiger partial charge in [-0.15, -0.1) is 46.2 Å². The first kappa shape index (κ1) is 44.6. The van der Waals surface area contributed by atoms with Gasteiger partial charge in [0.15, 0.2) is 10.3 Å². The molecule has 0 amide bonds. The normalized spacial score (nSPS) is 21.0. The fourth-order valence-electron chi connectivity index (χ4n) is 8.91. The highest BCUT2D eigenvalue weighted by Crippen LogP contribution is 2.43. The molecule has 6 aromatic rings. The van der Waals surface area contributed by atoms with E-state index in [1.54, 1.807) is 41.0 Å². The number of aromatic nitrogens is 3. The molecule has 332 valence electrons. The van der Waals surface area contributed by atoms with E-state index in [1.165, 1.54) is 36.9 Å². The number of thiazole rings is 2. The molecule has 5 heterocycles. The smallest absolute Gasteiger partial charge is 0.242 e. The van der Waals surface area contributed by atoms with E-state index in [0.717, 1.165) is 103 Å². The largest absolute Gasteiger partial charge is 0.359 e. The number of hydrogen-bond acceptors (Lipinski definition) is 13. The van der Waals surface area contributed by atoms with Crippen molar-refractivity contribution in [3.05, 3.63) is 94.8 Å². The lowest BCUT2D eigenvalue weighted by atomic mass is 9.86. The third-order valence-corrected chi connectivity index (χ3v) is 18.7. The molecule has 2 saturated carbocycles. The van der Waals surface area contributed by atoms with E-state index in [-0.39, 0.29) is 4.90 Å². The Morgan fingerprint density at radius 1 is 0.603 bits per heavy atom. The highest BCUT2D eigenvalue weighted by Gasteiger charge is 2.28. The zero-order valence-electron chi connectivity index (χ0n) is 35.2. The molecular formula is C46H53N7O4S6. The van der Waals surface area contributed by atoms with Crippen molar-refractivity contribution in [3.63, 3.8) is 0 Å². The average Bonchev–Trinajstić information content (AvgIpc) is 3.78. The summed E-state index contributed by atoms with van der Waals surface area (Å²) in [5.41, 5.74) is 5.30. The molecule has 2 aliphatic carbocycles. The third-order valence-electron chi connectivity index (χ3n) is 12.3. The molecule has 4 N–H and O–H groups in total. The molecule has 10 rings (SSSR count). The Morgan fingerprint density at radius 2 is 1.11 bits per heavy atom. The van der Waals surface area contributed by atoms with Crippen LogP contribution >= 0.6 is 46.2 Å². The molecule has 0 bridgehead atoms. The van der Waals surface area contributed by atoms with Crippen LogP contribution in [0, 0.1) is 11.8 Å². The third kappa shape index (κ3) is 11.1. The van der Waals surface area contributed by atoms with Gasteiger partial charge in [0.25, 0.3) is 0 Å². The van der Waals surface area contributed by atoms with E-state index in [4.69, 9.17) is 9.97 Å². The van der Waals surface area contributed by atoms with Crippen LogP contribution in [0.1, 0.15) is 61.1 Å². The number of anilines is 2. The van der Waals surface area contributed by atoms with Gasteiger partial charge in [0.05, 0.1) is 23.2 Å². The van der Waals surface area contributed by atoms with E-state index in [0.29, 0.717) is 42.5 Å². The molecule has 0 spiro atoms. The Hall–Kier alpha value is -3.55. The van der Waals surface area contributed by atoms with E-state index in [1.807, 2.05) is 41.7 Å². The van der Waals surface area contributed by atoms with Crippen LogP contribution < -0.4 is 20.1 Å². The first-order valence-electron chi connectivity index (χ1n) is 21.8. The average molecular weight is 960 g/mol. The molecule has 2 fully saturated rings. The Bertz CT molecular complexity index is 2760. The molecule has 0 saturated heterocycles. The summed E-state index contributed by atoms with van der Waals surface area (Å²) in [5, 5.41) is 10.2. The number of benzene rings is 3. The van der Waals surface area contributed by atoms with Crippen molar-refractivity contribution in [1.29, 1.82) is 0 Å². The van der Waals surface area contributed by atoms with Crippen LogP contribution in [0.15, 0.2) is 99.7 Å². The maximum Gasteiger partial charge on any atom is 0.242 e. The molecule has 2 aliphatic heterocycles. The number of sulfonamides is 2. The zero-order valence-corrected chi connectivity index (χ0v) is 40.1. The summed E-state index contributed by atoms with van der Waals surface area (Å²) in [5.74, 6) is 2.96. The number of aryl methyl sites for hydroxylation is 2. The first-order chi connectivity index (χ1) is 30.5. The van der Waals surface area contributed by atoms with Crippen LogP contribution in [0.2, 0.25) is 0 Å². The predicted molar refractivity (Wildman–Crippen MR) is 262 cm³/mol.